The van der Waals surface area contributed by atoms with E-state index in [9.17, 15) is 14.9 Å². The molecule has 118 valence electrons. The highest BCUT2D eigenvalue weighted by Crippen LogP contribution is 2.18. The maximum Gasteiger partial charge on any atom is 0.328 e. The molecule has 1 heterocycles. The number of rotatable bonds is 3. The van der Waals surface area contributed by atoms with Crippen molar-refractivity contribution < 1.29 is 4.79 Å². The zero-order chi connectivity index (χ0) is 17.3. The van der Waals surface area contributed by atoms with Crippen molar-refractivity contribution in [3.63, 3.8) is 0 Å². The fourth-order valence-electron chi connectivity index (χ4n) is 2.67. The maximum absolute atomic E-state index is 12.4. The molecule has 0 fully saturated rings. The zero-order valence-electron chi connectivity index (χ0n) is 13.4. The van der Waals surface area contributed by atoms with E-state index >= 15 is 0 Å². The Morgan fingerprint density at radius 3 is 2.38 bits per heavy atom. The third kappa shape index (κ3) is 2.55. The molecule has 0 bridgehead atoms. The topological polar surface area (TPSA) is 67.8 Å². The van der Waals surface area contributed by atoms with Crippen LogP contribution in [0.25, 0.3) is 17.1 Å². The van der Waals surface area contributed by atoms with Crippen LogP contribution in [-0.2, 0) is 14.1 Å². The summed E-state index contributed by atoms with van der Waals surface area (Å²) >= 11 is 0. The van der Waals surface area contributed by atoms with Crippen molar-refractivity contribution in [3.05, 3.63) is 75.7 Å². The number of imidazole rings is 1. The van der Waals surface area contributed by atoms with Crippen molar-refractivity contribution in [1.82, 2.24) is 9.13 Å². The standard InChI is InChI=1S/C19H15N3O2/c1-21-16-9-8-13(11-17(16)22(2)19(21)24)10-15(12-20)18(23)14-6-4-3-5-7-14/h3-11H,1-2H3/b15-10+. The second-order valence-electron chi connectivity index (χ2n) is 5.51. The number of nitriles is 1. The number of Topliss-reactive ketones (excluding diaryl/α,β-unsaturated/α-hetero) is 1. The summed E-state index contributed by atoms with van der Waals surface area (Å²) in [5, 5.41) is 9.34. The van der Waals surface area contributed by atoms with E-state index in [0.717, 1.165) is 11.0 Å². The molecule has 2 aromatic carbocycles. The lowest BCUT2D eigenvalue weighted by Crippen LogP contribution is -2.19. The van der Waals surface area contributed by atoms with Crippen molar-refractivity contribution in [2.75, 3.05) is 0 Å². The van der Waals surface area contributed by atoms with Crippen molar-refractivity contribution in [2.24, 2.45) is 14.1 Å². The quantitative estimate of drug-likeness (QED) is 0.424. The fraction of sp³-hybridized carbons (Fsp3) is 0.105. The number of hydrogen-bond donors (Lipinski definition) is 0. The molecule has 5 nitrogen and oxygen atoms in total. The molecule has 0 atom stereocenters. The Balaban J connectivity index is 2.08. The summed E-state index contributed by atoms with van der Waals surface area (Å²) in [4.78, 5) is 24.4. The van der Waals surface area contributed by atoms with Gasteiger partial charge in [0.1, 0.15) is 11.6 Å². The Morgan fingerprint density at radius 2 is 1.71 bits per heavy atom. The number of hydrogen-bond acceptors (Lipinski definition) is 3. The molecule has 0 radical (unpaired) electrons. The van der Waals surface area contributed by atoms with Crippen LogP contribution in [0, 0.1) is 11.3 Å². The average molecular weight is 317 g/mol. The van der Waals surface area contributed by atoms with E-state index < -0.39 is 0 Å². The SMILES string of the molecule is Cn1c(=O)n(C)c2cc(/C=C(\C#N)C(=O)c3ccccc3)ccc21. The number of aromatic nitrogens is 2. The molecule has 24 heavy (non-hydrogen) atoms. The van der Waals surface area contributed by atoms with Crippen LogP contribution in [0.1, 0.15) is 15.9 Å². The lowest BCUT2D eigenvalue weighted by atomic mass is 10.0. The number of benzene rings is 2. The van der Waals surface area contributed by atoms with Gasteiger partial charge < -0.3 is 0 Å². The Kier molecular flexibility index (Phi) is 3.88. The van der Waals surface area contributed by atoms with E-state index in [2.05, 4.69) is 0 Å². The zero-order valence-corrected chi connectivity index (χ0v) is 13.4. The maximum atomic E-state index is 12.4. The predicted molar refractivity (Wildman–Crippen MR) is 92.5 cm³/mol. The van der Waals surface area contributed by atoms with Crippen LogP contribution in [0.4, 0.5) is 0 Å². The number of nitrogens with zero attached hydrogens (tertiary/aromatic N) is 3. The molecular formula is C19H15N3O2. The monoisotopic (exact) mass is 317 g/mol. The molecule has 3 rings (SSSR count). The number of fused-ring (bicyclic) bond motifs is 1. The van der Waals surface area contributed by atoms with Crippen LogP contribution < -0.4 is 5.69 Å². The second kappa shape index (κ2) is 6.01. The van der Waals surface area contributed by atoms with Gasteiger partial charge in [-0.3, -0.25) is 13.9 Å². The van der Waals surface area contributed by atoms with Crippen molar-refractivity contribution >= 4 is 22.9 Å². The van der Waals surface area contributed by atoms with Crippen LogP contribution in [0.15, 0.2) is 58.9 Å². The summed E-state index contributed by atoms with van der Waals surface area (Å²) in [5.74, 6) is -0.319. The highest BCUT2D eigenvalue weighted by molar-refractivity contribution is 6.14. The van der Waals surface area contributed by atoms with Gasteiger partial charge in [0, 0.05) is 19.7 Å². The van der Waals surface area contributed by atoms with Crippen LogP contribution >= 0.6 is 0 Å². The van der Waals surface area contributed by atoms with E-state index in [4.69, 9.17) is 0 Å². The fourth-order valence-corrected chi connectivity index (χ4v) is 2.67. The van der Waals surface area contributed by atoms with Crippen LogP contribution in [0.3, 0.4) is 0 Å². The van der Waals surface area contributed by atoms with Gasteiger partial charge in [-0.15, -0.1) is 0 Å². The van der Waals surface area contributed by atoms with Crippen LogP contribution in [0.5, 0.6) is 0 Å². The first-order chi connectivity index (χ1) is 11.5. The summed E-state index contributed by atoms with van der Waals surface area (Å²) in [5.41, 5.74) is 2.66. The van der Waals surface area contributed by atoms with Gasteiger partial charge in [-0.05, 0) is 23.8 Å². The van der Waals surface area contributed by atoms with Crippen LogP contribution in [-0.4, -0.2) is 14.9 Å². The van der Waals surface area contributed by atoms with Gasteiger partial charge >= 0.3 is 5.69 Å². The molecular weight excluding hydrogens is 302 g/mol. The molecule has 0 aliphatic rings. The third-order valence-electron chi connectivity index (χ3n) is 4.01. The van der Waals surface area contributed by atoms with Gasteiger partial charge in [0.15, 0.2) is 0 Å². The van der Waals surface area contributed by atoms with Gasteiger partial charge in [-0.1, -0.05) is 36.4 Å². The minimum absolute atomic E-state index is 0.0569. The number of aryl methyl sites for hydroxylation is 2. The number of ketones is 1. The first-order valence-electron chi connectivity index (χ1n) is 7.40. The minimum Gasteiger partial charge on any atom is -0.295 e. The Labute approximate surface area is 138 Å². The van der Waals surface area contributed by atoms with Gasteiger partial charge in [0.2, 0.25) is 5.78 Å². The molecule has 0 amide bonds. The molecule has 0 unspecified atom stereocenters. The van der Waals surface area contributed by atoms with E-state index in [0.29, 0.717) is 11.1 Å². The Morgan fingerprint density at radius 1 is 1.04 bits per heavy atom. The molecule has 0 saturated heterocycles. The van der Waals surface area contributed by atoms with Gasteiger partial charge in [-0.25, -0.2) is 4.79 Å². The number of carbonyl (C=O) groups excluding carboxylic acids is 1. The Bertz CT molecular complexity index is 1060. The minimum atomic E-state index is -0.319. The number of allylic oxidation sites excluding steroid dienone is 1. The van der Waals surface area contributed by atoms with E-state index in [1.54, 1.807) is 61.1 Å². The van der Waals surface area contributed by atoms with E-state index in [-0.39, 0.29) is 17.0 Å². The summed E-state index contributed by atoms with van der Waals surface area (Å²) in [6, 6.07) is 16.1. The first-order valence-corrected chi connectivity index (χ1v) is 7.40. The molecule has 3 aromatic rings. The van der Waals surface area contributed by atoms with Gasteiger partial charge in [0.05, 0.1) is 11.0 Å². The normalized spacial score (nSPS) is 11.5. The second-order valence-corrected chi connectivity index (χ2v) is 5.51. The Hall–Kier alpha value is -3.39. The first kappa shape index (κ1) is 15.5. The molecule has 0 aliphatic carbocycles. The molecule has 0 N–H and O–H groups in total. The highest BCUT2D eigenvalue weighted by Gasteiger charge is 2.12. The predicted octanol–water partition coefficient (Wildman–Crippen LogP) is 2.67. The average Bonchev–Trinajstić information content (AvgIpc) is 2.84. The van der Waals surface area contributed by atoms with Gasteiger partial charge in [0.25, 0.3) is 0 Å². The van der Waals surface area contributed by atoms with Gasteiger partial charge in [-0.2, -0.15) is 5.26 Å². The lowest BCUT2D eigenvalue weighted by molar-refractivity contribution is 0.104. The summed E-state index contributed by atoms with van der Waals surface area (Å²) in [6.45, 7) is 0. The third-order valence-corrected chi connectivity index (χ3v) is 4.01. The van der Waals surface area contributed by atoms with Crippen LogP contribution in [0.2, 0.25) is 0 Å². The number of carbonyl (C=O) groups is 1. The van der Waals surface area contributed by atoms with E-state index in [1.165, 1.54) is 4.57 Å². The summed E-state index contributed by atoms with van der Waals surface area (Å²) in [7, 11) is 3.40. The van der Waals surface area contributed by atoms with Crippen molar-refractivity contribution in [1.29, 1.82) is 5.26 Å². The van der Waals surface area contributed by atoms with Crippen molar-refractivity contribution in [2.45, 2.75) is 0 Å². The van der Waals surface area contributed by atoms with Crippen molar-refractivity contribution in [3.8, 4) is 6.07 Å². The molecule has 0 saturated carbocycles. The lowest BCUT2D eigenvalue weighted by Gasteiger charge is -2.01. The largest absolute Gasteiger partial charge is 0.328 e. The smallest absolute Gasteiger partial charge is 0.295 e. The molecule has 5 heteroatoms. The summed E-state index contributed by atoms with van der Waals surface area (Å²) < 4.78 is 3.10. The highest BCUT2D eigenvalue weighted by atomic mass is 16.1. The molecule has 0 spiro atoms. The molecule has 1 aromatic heterocycles. The summed E-state index contributed by atoms with van der Waals surface area (Å²) in [6.07, 6.45) is 1.55. The van der Waals surface area contributed by atoms with E-state index in [1.807, 2.05) is 18.2 Å². The molecule has 0 aliphatic heterocycles.